The van der Waals surface area contributed by atoms with E-state index in [4.69, 9.17) is 16.7 Å². The molecule has 0 radical (unpaired) electrons. The normalized spacial score (nSPS) is 17.9. The summed E-state index contributed by atoms with van der Waals surface area (Å²) in [7, 11) is -1.11. The molecule has 2 rings (SSSR count). The van der Waals surface area contributed by atoms with Gasteiger partial charge < -0.3 is 5.11 Å². The molecule has 1 N–H and O–H groups in total. The zero-order valence-electron chi connectivity index (χ0n) is 11.7. The second-order valence-corrected chi connectivity index (χ2v) is 7.30. The van der Waals surface area contributed by atoms with Gasteiger partial charge in [-0.1, -0.05) is 11.6 Å². The number of aliphatic carboxylic acids is 1. The van der Waals surface area contributed by atoms with E-state index in [0.717, 1.165) is 24.2 Å². The van der Waals surface area contributed by atoms with Crippen molar-refractivity contribution in [2.24, 2.45) is 5.41 Å². The number of hydrogen-bond donors (Lipinski definition) is 1. The number of carbonyl (C=O) groups is 1. The summed E-state index contributed by atoms with van der Waals surface area (Å²) in [6.07, 6.45) is 1.81. The van der Waals surface area contributed by atoms with Crippen molar-refractivity contribution in [2.75, 3.05) is 5.75 Å². The molecule has 1 heterocycles. The Morgan fingerprint density at radius 3 is 2.70 bits per heavy atom. The molecule has 112 valence electrons. The third kappa shape index (κ3) is 3.41. The van der Waals surface area contributed by atoms with E-state index >= 15 is 0 Å². The highest BCUT2D eigenvalue weighted by Gasteiger charge is 2.45. The first kappa shape index (κ1) is 15.5. The number of carboxylic acid groups (broad SMARTS) is 1. The van der Waals surface area contributed by atoms with Gasteiger partial charge in [-0.15, -0.1) is 0 Å². The summed E-state index contributed by atoms with van der Waals surface area (Å²) >= 11 is 6.20. The number of halogens is 1. The van der Waals surface area contributed by atoms with Crippen LogP contribution in [0.5, 0.6) is 0 Å². The van der Waals surface area contributed by atoms with E-state index in [9.17, 15) is 9.00 Å². The summed E-state index contributed by atoms with van der Waals surface area (Å²) in [6.45, 7) is 4.47. The largest absolute Gasteiger partial charge is 0.481 e. The Hall–Kier alpha value is -0.880. The van der Waals surface area contributed by atoms with Gasteiger partial charge >= 0.3 is 5.97 Å². The van der Waals surface area contributed by atoms with Crippen LogP contribution in [0, 0.1) is 12.3 Å². The van der Waals surface area contributed by atoms with Gasteiger partial charge in [0.1, 0.15) is 0 Å². The van der Waals surface area contributed by atoms with Crippen LogP contribution in [-0.4, -0.2) is 30.8 Å². The van der Waals surface area contributed by atoms with Crippen LogP contribution >= 0.6 is 11.6 Å². The average molecular weight is 319 g/mol. The van der Waals surface area contributed by atoms with Crippen molar-refractivity contribution in [3.63, 3.8) is 0 Å². The van der Waals surface area contributed by atoms with E-state index in [0.29, 0.717) is 23.1 Å². The zero-order chi connectivity index (χ0) is 14.9. The first-order valence-electron chi connectivity index (χ1n) is 6.65. The SMILES string of the molecule is CCn1nc(C)c(Cl)c1CS(=O)CC1(CC(=O)O)CC1. The van der Waals surface area contributed by atoms with Crippen molar-refractivity contribution >= 4 is 28.4 Å². The third-order valence-electron chi connectivity index (χ3n) is 3.70. The van der Waals surface area contributed by atoms with E-state index < -0.39 is 16.8 Å². The first-order chi connectivity index (χ1) is 9.37. The monoisotopic (exact) mass is 318 g/mol. The van der Waals surface area contributed by atoms with Gasteiger partial charge in [-0.25, -0.2) is 0 Å². The molecule has 1 unspecified atom stereocenters. The maximum absolute atomic E-state index is 12.3. The fourth-order valence-electron chi connectivity index (χ4n) is 2.42. The lowest BCUT2D eigenvalue weighted by Gasteiger charge is -2.12. The van der Waals surface area contributed by atoms with E-state index in [1.54, 1.807) is 4.68 Å². The predicted molar refractivity (Wildman–Crippen MR) is 78.3 cm³/mol. The minimum Gasteiger partial charge on any atom is -0.481 e. The average Bonchev–Trinajstić information content (AvgIpc) is 3.04. The van der Waals surface area contributed by atoms with Gasteiger partial charge in [0.15, 0.2) is 0 Å². The van der Waals surface area contributed by atoms with Crippen LogP contribution in [-0.2, 0) is 27.9 Å². The van der Waals surface area contributed by atoms with Crippen molar-refractivity contribution in [1.82, 2.24) is 9.78 Å². The Kier molecular flexibility index (Phi) is 4.54. The van der Waals surface area contributed by atoms with Crippen LogP contribution in [0.15, 0.2) is 0 Å². The molecule has 1 aliphatic carbocycles. The molecular weight excluding hydrogens is 300 g/mol. The fraction of sp³-hybridized carbons (Fsp3) is 0.692. The predicted octanol–water partition coefficient (Wildman–Crippen LogP) is 2.37. The van der Waals surface area contributed by atoms with E-state index in [1.165, 1.54) is 0 Å². The fourth-order valence-corrected chi connectivity index (χ4v) is 4.48. The molecule has 1 aromatic rings. The van der Waals surface area contributed by atoms with Crippen LogP contribution in [0.4, 0.5) is 0 Å². The molecule has 7 heteroatoms. The maximum atomic E-state index is 12.3. The van der Waals surface area contributed by atoms with Crippen molar-refractivity contribution in [3.8, 4) is 0 Å². The number of nitrogens with zero attached hydrogens (tertiary/aromatic N) is 2. The molecule has 1 saturated carbocycles. The minimum absolute atomic E-state index is 0.110. The van der Waals surface area contributed by atoms with Crippen LogP contribution in [0.1, 0.15) is 37.6 Å². The number of aryl methyl sites for hydroxylation is 2. The highest BCUT2D eigenvalue weighted by Crippen LogP contribution is 2.49. The smallest absolute Gasteiger partial charge is 0.303 e. The van der Waals surface area contributed by atoms with Gasteiger partial charge in [0.25, 0.3) is 0 Å². The Balaban J connectivity index is 2.04. The number of hydrogen-bond acceptors (Lipinski definition) is 3. The third-order valence-corrected chi connectivity index (χ3v) is 5.72. The minimum atomic E-state index is -1.11. The first-order valence-corrected chi connectivity index (χ1v) is 8.52. The number of rotatable bonds is 7. The summed E-state index contributed by atoms with van der Waals surface area (Å²) in [5.41, 5.74) is 1.28. The molecule has 1 fully saturated rings. The Bertz CT molecular complexity index is 552. The second-order valence-electron chi connectivity index (χ2n) is 5.46. The summed E-state index contributed by atoms with van der Waals surface area (Å²) < 4.78 is 14.1. The zero-order valence-corrected chi connectivity index (χ0v) is 13.3. The number of aromatic nitrogens is 2. The summed E-state index contributed by atoms with van der Waals surface area (Å²) in [4.78, 5) is 10.8. The Morgan fingerprint density at radius 1 is 1.55 bits per heavy atom. The van der Waals surface area contributed by atoms with Gasteiger partial charge in [-0.05, 0) is 32.1 Å². The second kappa shape index (κ2) is 5.85. The topological polar surface area (TPSA) is 72.2 Å². The molecule has 1 aromatic heterocycles. The molecule has 0 saturated heterocycles. The summed E-state index contributed by atoms with van der Waals surface area (Å²) in [6, 6.07) is 0. The quantitative estimate of drug-likeness (QED) is 0.837. The lowest BCUT2D eigenvalue weighted by Crippen LogP contribution is -2.18. The van der Waals surface area contributed by atoms with Crippen LogP contribution < -0.4 is 0 Å². The Morgan fingerprint density at radius 2 is 2.20 bits per heavy atom. The Labute approximate surface area is 125 Å². The van der Waals surface area contributed by atoms with E-state index in [2.05, 4.69) is 5.10 Å². The number of carboxylic acids is 1. The molecule has 0 amide bonds. The molecule has 0 bridgehead atoms. The molecule has 0 aliphatic heterocycles. The molecule has 0 aromatic carbocycles. The maximum Gasteiger partial charge on any atom is 0.303 e. The molecule has 20 heavy (non-hydrogen) atoms. The lowest BCUT2D eigenvalue weighted by molar-refractivity contribution is -0.138. The van der Waals surface area contributed by atoms with Gasteiger partial charge in [0, 0.05) is 23.1 Å². The molecular formula is C13H19ClN2O3S. The van der Waals surface area contributed by atoms with Crippen LogP contribution in [0.25, 0.3) is 0 Å². The van der Waals surface area contributed by atoms with Crippen LogP contribution in [0.3, 0.4) is 0 Å². The van der Waals surface area contributed by atoms with Gasteiger partial charge in [0.2, 0.25) is 0 Å². The van der Waals surface area contributed by atoms with Gasteiger partial charge in [-0.3, -0.25) is 13.7 Å². The van der Waals surface area contributed by atoms with Crippen molar-refractivity contribution < 1.29 is 14.1 Å². The molecule has 5 nitrogen and oxygen atoms in total. The van der Waals surface area contributed by atoms with E-state index in [-0.39, 0.29) is 11.8 Å². The van der Waals surface area contributed by atoms with Crippen molar-refractivity contribution in [2.45, 2.75) is 45.4 Å². The summed E-state index contributed by atoms with van der Waals surface area (Å²) in [5, 5.41) is 13.8. The highest BCUT2D eigenvalue weighted by atomic mass is 35.5. The van der Waals surface area contributed by atoms with Crippen molar-refractivity contribution in [3.05, 3.63) is 16.4 Å². The van der Waals surface area contributed by atoms with Crippen molar-refractivity contribution in [1.29, 1.82) is 0 Å². The van der Waals surface area contributed by atoms with Crippen LogP contribution in [0.2, 0.25) is 5.02 Å². The highest BCUT2D eigenvalue weighted by molar-refractivity contribution is 7.84. The van der Waals surface area contributed by atoms with Gasteiger partial charge in [0.05, 0.1) is 28.6 Å². The molecule has 1 atom stereocenters. The summed E-state index contributed by atoms with van der Waals surface area (Å²) in [5.74, 6) is -0.0367. The van der Waals surface area contributed by atoms with Gasteiger partial charge in [-0.2, -0.15) is 5.10 Å². The molecule has 1 aliphatic rings. The lowest BCUT2D eigenvalue weighted by atomic mass is 10.1. The molecule has 0 spiro atoms. The standard InChI is InChI=1S/C13H19ClN2O3S/c1-3-16-10(12(14)9(2)15-16)7-20(19)8-13(4-5-13)6-11(17)18/h3-8H2,1-2H3,(H,17,18). The van der Waals surface area contributed by atoms with E-state index in [1.807, 2.05) is 13.8 Å².